The highest BCUT2D eigenvalue weighted by atomic mass is 16.3. The topological polar surface area (TPSA) is 32.3 Å². The van der Waals surface area contributed by atoms with E-state index in [9.17, 15) is 0 Å². The summed E-state index contributed by atoms with van der Waals surface area (Å²) in [5.74, 6) is 0. The molecule has 0 radical (unpaired) electrons. The van der Waals surface area contributed by atoms with Gasteiger partial charge in [0.15, 0.2) is 0 Å². The van der Waals surface area contributed by atoms with E-state index < -0.39 is 0 Å². The van der Waals surface area contributed by atoms with Crippen molar-refractivity contribution < 1.29 is 5.11 Å². The molecule has 0 bridgehead atoms. The standard InChI is InChI=1S/C22H47NO/c1-4-5-6-7-8-9-10-11-12-13-14-15-16-17-18-19-22(2,3)23-20-21-24/h23-24H,4-21H2,1-3H3. The third-order valence-electron chi connectivity index (χ3n) is 5.12. The molecule has 2 N–H and O–H groups in total. The molecule has 0 unspecified atom stereocenters. The second-order valence-electron chi connectivity index (χ2n) is 8.23. The van der Waals surface area contributed by atoms with Crippen LogP contribution in [0, 0.1) is 0 Å². The molecule has 2 heteroatoms. The van der Waals surface area contributed by atoms with Crippen LogP contribution >= 0.6 is 0 Å². The van der Waals surface area contributed by atoms with Crippen molar-refractivity contribution in [3.63, 3.8) is 0 Å². The maximum Gasteiger partial charge on any atom is 0.0556 e. The predicted octanol–water partition coefficient (Wildman–Crippen LogP) is 6.61. The molecule has 0 aromatic heterocycles. The van der Waals surface area contributed by atoms with Crippen molar-refractivity contribution >= 4 is 0 Å². The van der Waals surface area contributed by atoms with E-state index in [1.54, 1.807) is 0 Å². The van der Waals surface area contributed by atoms with Crippen LogP contribution in [-0.4, -0.2) is 23.8 Å². The van der Waals surface area contributed by atoms with Crippen LogP contribution in [0.1, 0.15) is 124 Å². The molecule has 0 saturated carbocycles. The van der Waals surface area contributed by atoms with E-state index in [-0.39, 0.29) is 12.1 Å². The highest BCUT2D eigenvalue weighted by Crippen LogP contribution is 2.16. The normalized spacial score (nSPS) is 12.0. The summed E-state index contributed by atoms with van der Waals surface area (Å²) in [6, 6.07) is 0. The molecule has 0 saturated heterocycles. The Labute approximate surface area is 153 Å². The van der Waals surface area contributed by atoms with E-state index in [1.165, 1.54) is 103 Å². The number of unbranched alkanes of at least 4 members (excludes halogenated alkanes) is 14. The minimum Gasteiger partial charge on any atom is -0.395 e. The first-order valence-electron chi connectivity index (χ1n) is 11.0. The monoisotopic (exact) mass is 341 g/mol. The van der Waals surface area contributed by atoms with Crippen LogP contribution in [0.15, 0.2) is 0 Å². The van der Waals surface area contributed by atoms with Crippen LogP contribution in [0.4, 0.5) is 0 Å². The van der Waals surface area contributed by atoms with Crippen LogP contribution < -0.4 is 5.32 Å². The number of aliphatic hydroxyl groups is 1. The van der Waals surface area contributed by atoms with Gasteiger partial charge in [0.05, 0.1) is 6.61 Å². The van der Waals surface area contributed by atoms with E-state index >= 15 is 0 Å². The lowest BCUT2D eigenvalue weighted by atomic mass is 9.96. The summed E-state index contributed by atoms with van der Waals surface area (Å²) in [6.07, 6.45) is 22.6. The minimum atomic E-state index is 0.180. The zero-order chi connectivity index (χ0) is 17.9. The molecule has 24 heavy (non-hydrogen) atoms. The Morgan fingerprint density at radius 2 is 1.00 bits per heavy atom. The molecule has 0 aliphatic heterocycles. The van der Waals surface area contributed by atoms with E-state index in [1.807, 2.05) is 0 Å². The van der Waals surface area contributed by atoms with Crippen LogP contribution in [0.5, 0.6) is 0 Å². The van der Waals surface area contributed by atoms with Crippen molar-refractivity contribution in [3.05, 3.63) is 0 Å². The number of nitrogens with one attached hydrogen (secondary N) is 1. The zero-order valence-corrected chi connectivity index (χ0v) is 17.2. The molecule has 0 aromatic carbocycles. The SMILES string of the molecule is CCCCCCCCCCCCCCCCCC(C)(C)NCCO. The second-order valence-corrected chi connectivity index (χ2v) is 8.23. The number of hydrogen-bond donors (Lipinski definition) is 2. The maximum absolute atomic E-state index is 8.87. The zero-order valence-electron chi connectivity index (χ0n) is 17.2. The Kier molecular flexibility index (Phi) is 17.7. The van der Waals surface area contributed by atoms with Crippen molar-refractivity contribution in [3.8, 4) is 0 Å². The van der Waals surface area contributed by atoms with E-state index in [2.05, 4.69) is 26.1 Å². The molecule has 0 aliphatic carbocycles. The number of rotatable bonds is 19. The molecule has 0 amide bonds. The summed E-state index contributed by atoms with van der Waals surface area (Å²) >= 11 is 0. The summed E-state index contributed by atoms with van der Waals surface area (Å²) in [4.78, 5) is 0. The fraction of sp³-hybridized carbons (Fsp3) is 1.00. The predicted molar refractivity (Wildman–Crippen MR) is 109 cm³/mol. The van der Waals surface area contributed by atoms with Gasteiger partial charge in [-0.2, -0.15) is 0 Å². The number of aliphatic hydroxyl groups excluding tert-OH is 1. The first-order valence-corrected chi connectivity index (χ1v) is 11.0. The minimum absolute atomic E-state index is 0.180. The quantitative estimate of drug-likeness (QED) is 0.259. The maximum atomic E-state index is 8.87. The van der Waals surface area contributed by atoms with Crippen molar-refractivity contribution in [1.29, 1.82) is 0 Å². The molecule has 0 atom stereocenters. The van der Waals surface area contributed by atoms with Crippen molar-refractivity contribution in [2.24, 2.45) is 0 Å². The van der Waals surface area contributed by atoms with Crippen LogP contribution in [0.25, 0.3) is 0 Å². The van der Waals surface area contributed by atoms with Crippen LogP contribution in [-0.2, 0) is 0 Å². The van der Waals surface area contributed by atoms with Gasteiger partial charge in [-0.25, -0.2) is 0 Å². The molecule has 0 spiro atoms. The Bertz CT molecular complexity index is 240. The van der Waals surface area contributed by atoms with Gasteiger partial charge in [0, 0.05) is 12.1 Å². The van der Waals surface area contributed by atoms with Gasteiger partial charge in [0.25, 0.3) is 0 Å². The highest BCUT2D eigenvalue weighted by Gasteiger charge is 2.15. The van der Waals surface area contributed by atoms with Crippen molar-refractivity contribution in [2.45, 2.75) is 129 Å². The van der Waals surface area contributed by atoms with Crippen LogP contribution in [0.3, 0.4) is 0 Å². The van der Waals surface area contributed by atoms with Crippen molar-refractivity contribution in [1.82, 2.24) is 5.32 Å². The van der Waals surface area contributed by atoms with Gasteiger partial charge in [-0.3, -0.25) is 0 Å². The fourth-order valence-corrected chi connectivity index (χ4v) is 3.42. The van der Waals surface area contributed by atoms with Gasteiger partial charge >= 0.3 is 0 Å². The lowest BCUT2D eigenvalue weighted by molar-refractivity contribution is 0.258. The Morgan fingerprint density at radius 3 is 1.38 bits per heavy atom. The molecular weight excluding hydrogens is 294 g/mol. The average Bonchev–Trinajstić information content (AvgIpc) is 2.56. The molecule has 2 nitrogen and oxygen atoms in total. The lowest BCUT2D eigenvalue weighted by Gasteiger charge is -2.26. The Hall–Kier alpha value is -0.0800. The van der Waals surface area contributed by atoms with Gasteiger partial charge in [-0.05, 0) is 20.3 Å². The molecular formula is C22H47NO. The van der Waals surface area contributed by atoms with Gasteiger partial charge in [-0.15, -0.1) is 0 Å². The summed E-state index contributed by atoms with van der Waals surface area (Å²) < 4.78 is 0. The first-order chi connectivity index (χ1) is 11.6. The fourth-order valence-electron chi connectivity index (χ4n) is 3.42. The van der Waals surface area contributed by atoms with Gasteiger partial charge in [0.2, 0.25) is 0 Å². The van der Waals surface area contributed by atoms with Gasteiger partial charge in [-0.1, -0.05) is 103 Å². The first kappa shape index (κ1) is 23.9. The van der Waals surface area contributed by atoms with E-state index in [0.29, 0.717) is 6.54 Å². The van der Waals surface area contributed by atoms with Crippen LogP contribution in [0.2, 0.25) is 0 Å². The van der Waals surface area contributed by atoms with Crippen molar-refractivity contribution in [2.75, 3.05) is 13.2 Å². The largest absolute Gasteiger partial charge is 0.395 e. The molecule has 0 rings (SSSR count). The van der Waals surface area contributed by atoms with Gasteiger partial charge < -0.3 is 10.4 Å². The average molecular weight is 342 g/mol. The number of hydrogen-bond acceptors (Lipinski definition) is 2. The molecule has 0 heterocycles. The van der Waals surface area contributed by atoms with E-state index in [4.69, 9.17) is 5.11 Å². The lowest BCUT2D eigenvalue weighted by Crippen LogP contribution is -2.40. The molecule has 0 aromatic rings. The molecule has 0 aliphatic rings. The second kappa shape index (κ2) is 17.7. The molecule has 146 valence electrons. The Balaban J connectivity index is 3.15. The summed E-state index contributed by atoms with van der Waals surface area (Å²) in [7, 11) is 0. The Morgan fingerprint density at radius 1 is 0.625 bits per heavy atom. The third-order valence-corrected chi connectivity index (χ3v) is 5.12. The summed E-state index contributed by atoms with van der Waals surface area (Å²) in [6.45, 7) is 7.73. The summed E-state index contributed by atoms with van der Waals surface area (Å²) in [5.41, 5.74) is 0.180. The van der Waals surface area contributed by atoms with Gasteiger partial charge in [0.1, 0.15) is 0 Å². The number of β-amino-alcohol motifs (C(OH)–C–C–N with tert-alkyl or cyclic N) is 1. The van der Waals surface area contributed by atoms with E-state index in [0.717, 1.165) is 0 Å². The third kappa shape index (κ3) is 18.3. The summed E-state index contributed by atoms with van der Waals surface area (Å²) in [5, 5.41) is 12.3. The highest BCUT2D eigenvalue weighted by molar-refractivity contribution is 4.76. The molecule has 0 fully saturated rings. The smallest absolute Gasteiger partial charge is 0.0556 e.